The minimum atomic E-state index is -1.01. The van der Waals surface area contributed by atoms with Gasteiger partial charge in [0.2, 0.25) is 0 Å². The first-order valence-corrected chi connectivity index (χ1v) is 6.17. The Bertz CT molecular complexity index is 813. The first kappa shape index (κ1) is 13.2. The topological polar surface area (TPSA) is 69.6 Å². The molecule has 21 heavy (non-hydrogen) atoms. The van der Waals surface area contributed by atoms with Crippen LogP contribution in [0.2, 0.25) is 0 Å². The summed E-state index contributed by atoms with van der Waals surface area (Å²) in [4.78, 5) is 0. The van der Waals surface area contributed by atoms with Crippen LogP contribution >= 0.6 is 0 Å². The van der Waals surface area contributed by atoms with Crippen LogP contribution in [0, 0.1) is 18.6 Å². The van der Waals surface area contributed by atoms with Crippen molar-refractivity contribution in [3.63, 3.8) is 0 Å². The summed E-state index contributed by atoms with van der Waals surface area (Å²) in [6.07, 6.45) is 0. The number of halogens is 2. The Morgan fingerprint density at radius 2 is 1.81 bits per heavy atom. The molecule has 0 atom stereocenters. The molecule has 0 radical (unpaired) electrons. The van der Waals surface area contributed by atoms with Crippen LogP contribution in [-0.4, -0.2) is 20.2 Å². The monoisotopic (exact) mass is 287 g/mol. The van der Waals surface area contributed by atoms with Gasteiger partial charge < -0.3 is 5.73 Å². The number of tetrazole rings is 1. The van der Waals surface area contributed by atoms with Gasteiger partial charge in [-0.25, -0.2) is 8.78 Å². The fraction of sp³-hybridized carbons (Fsp3) is 0.0714. The third-order valence-electron chi connectivity index (χ3n) is 3.15. The second-order valence-corrected chi connectivity index (χ2v) is 4.55. The van der Waals surface area contributed by atoms with E-state index in [0.717, 1.165) is 23.4 Å². The van der Waals surface area contributed by atoms with Crippen molar-refractivity contribution in [1.82, 2.24) is 20.2 Å². The Balaban J connectivity index is 2.21. The van der Waals surface area contributed by atoms with Crippen molar-refractivity contribution in [3.8, 4) is 17.1 Å². The van der Waals surface area contributed by atoms with Crippen molar-refractivity contribution in [2.75, 3.05) is 5.73 Å². The first-order chi connectivity index (χ1) is 10.1. The van der Waals surface area contributed by atoms with Crippen molar-refractivity contribution in [2.45, 2.75) is 6.92 Å². The molecule has 0 spiro atoms. The molecule has 1 heterocycles. The highest BCUT2D eigenvalue weighted by Crippen LogP contribution is 2.28. The molecular formula is C14H11F2N5. The van der Waals surface area contributed by atoms with Gasteiger partial charge in [-0.2, -0.15) is 4.68 Å². The predicted molar refractivity (Wildman–Crippen MR) is 73.7 cm³/mol. The van der Waals surface area contributed by atoms with Crippen LogP contribution in [0.15, 0.2) is 36.4 Å². The van der Waals surface area contributed by atoms with Gasteiger partial charge in [0.15, 0.2) is 17.5 Å². The van der Waals surface area contributed by atoms with E-state index < -0.39 is 11.6 Å². The highest BCUT2D eigenvalue weighted by atomic mass is 19.2. The molecule has 0 unspecified atom stereocenters. The molecule has 0 amide bonds. The van der Waals surface area contributed by atoms with Crippen molar-refractivity contribution in [1.29, 1.82) is 0 Å². The van der Waals surface area contributed by atoms with Gasteiger partial charge in [0.05, 0.1) is 5.69 Å². The molecule has 0 fully saturated rings. The van der Waals surface area contributed by atoms with E-state index in [-0.39, 0.29) is 17.1 Å². The molecule has 3 aromatic rings. The van der Waals surface area contributed by atoms with E-state index in [9.17, 15) is 8.78 Å². The fourth-order valence-corrected chi connectivity index (χ4v) is 2.07. The van der Waals surface area contributed by atoms with Gasteiger partial charge in [0.25, 0.3) is 0 Å². The maximum absolute atomic E-state index is 13.5. The lowest BCUT2D eigenvalue weighted by Gasteiger charge is -2.09. The predicted octanol–water partition coefficient (Wildman–Crippen LogP) is 2.50. The zero-order valence-electron chi connectivity index (χ0n) is 11.1. The molecule has 3 rings (SSSR count). The van der Waals surface area contributed by atoms with Crippen LogP contribution in [-0.2, 0) is 0 Å². The summed E-state index contributed by atoms with van der Waals surface area (Å²) in [6.45, 7) is 1.90. The summed E-state index contributed by atoms with van der Waals surface area (Å²) >= 11 is 0. The van der Waals surface area contributed by atoms with Crippen molar-refractivity contribution in [2.24, 2.45) is 0 Å². The Morgan fingerprint density at radius 3 is 2.57 bits per heavy atom. The summed E-state index contributed by atoms with van der Waals surface area (Å²) in [7, 11) is 0. The van der Waals surface area contributed by atoms with E-state index in [1.54, 1.807) is 0 Å². The molecule has 0 aliphatic heterocycles. The van der Waals surface area contributed by atoms with Crippen LogP contribution in [0.25, 0.3) is 17.1 Å². The normalized spacial score (nSPS) is 10.8. The molecule has 5 nitrogen and oxygen atoms in total. The summed E-state index contributed by atoms with van der Waals surface area (Å²) in [6, 6.07) is 9.35. The molecule has 2 N–H and O–H groups in total. The SMILES string of the molecule is Cc1ccccc1-n1nnnc1-c1cc(F)c(F)cc1N. The fourth-order valence-electron chi connectivity index (χ4n) is 2.07. The Hall–Kier alpha value is -2.83. The Labute approximate surface area is 119 Å². The van der Waals surface area contributed by atoms with Gasteiger partial charge in [0, 0.05) is 17.3 Å². The van der Waals surface area contributed by atoms with Crippen LogP contribution in [0.4, 0.5) is 14.5 Å². The van der Waals surface area contributed by atoms with E-state index in [1.807, 2.05) is 31.2 Å². The average Bonchev–Trinajstić information content (AvgIpc) is 2.92. The van der Waals surface area contributed by atoms with Crippen molar-refractivity contribution < 1.29 is 8.78 Å². The Morgan fingerprint density at radius 1 is 1.10 bits per heavy atom. The maximum atomic E-state index is 13.5. The van der Waals surface area contributed by atoms with Crippen molar-refractivity contribution >= 4 is 5.69 Å². The molecule has 1 aromatic heterocycles. The zero-order valence-corrected chi connectivity index (χ0v) is 11.1. The number of aromatic nitrogens is 4. The first-order valence-electron chi connectivity index (χ1n) is 6.17. The van der Waals surface area contributed by atoms with E-state index in [1.165, 1.54) is 4.68 Å². The Kier molecular flexibility index (Phi) is 3.09. The maximum Gasteiger partial charge on any atom is 0.189 e. The zero-order chi connectivity index (χ0) is 15.0. The van der Waals surface area contributed by atoms with Crippen molar-refractivity contribution in [3.05, 3.63) is 53.6 Å². The summed E-state index contributed by atoms with van der Waals surface area (Å²) in [5, 5.41) is 11.4. The second kappa shape index (κ2) is 4.93. The summed E-state index contributed by atoms with van der Waals surface area (Å²) in [5.41, 5.74) is 7.73. The number of anilines is 1. The minimum absolute atomic E-state index is 0.0681. The molecule has 106 valence electrons. The average molecular weight is 287 g/mol. The number of aryl methyl sites for hydroxylation is 1. The number of nitrogens with two attached hydrogens (primary N) is 1. The third-order valence-corrected chi connectivity index (χ3v) is 3.15. The van der Waals surface area contributed by atoms with Crippen LogP contribution < -0.4 is 5.73 Å². The molecule has 0 bridgehead atoms. The molecule has 0 aliphatic carbocycles. The van der Waals surface area contributed by atoms with Crippen LogP contribution in [0.1, 0.15) is 5.56 Å². The summed E-state index contributed by atoms with van der Waals surface area (Å²) < 4.78 is 28.1. The molecule has 7 heteroatoms. The van der Waals surface area contributed by atoms with E-state index >= 15 is 0 Å². The van der Waals surface area contributed by atoms with Gasteiger partial charge >= 0.3 is 0 Å². The quantitative estimate of drug-likeness (QED) is 0.735. The number of nitrogens with zero attached hydrogens (tertiary/aromatic N) is 4. The number of para-hydroxylation sites is 1. The number of nitrogen functional groups attached to an aromatic ring is 1. The lowest BCUT2D eigenvalue weighted by molar-refractivity contribution is 0.509. The summed E-state index contributed by atoms with van der Waals surface area (Å²) in [5.74, 6) is -1.76. The standard InChI is InChI=1S/C14H11F2N5/c1-8-4-2-3-5-13(8)21-14(18-19-20-21)9-6-10(15)11(16)7-12(9)17/h2-7H,17H2,1H3. The van der Waals surface area contributed by atoms with E-state index in [2.05, 4.69) is 15.5 Å². The van der Waals surface area contributed by atoms with Gasteiger partial charge in [-0.1, -0.05) is 18.2 Å². The number of hydrogen-bond acceptors (Lipinski definition) is 4. The second-order valence-electron chi connectivity index (χ2n) is 4.55. The van der Waals surface area contributed by atoms with Crippen LogP contribution in [0.5, 0.6) is 0 Å². The number of benzene rings is 2. The van der Waals surface area contributed by atoms with E-state index in [0.29, 0.717) is 0 Å². The van der Waals surface area contributed by atoms with E-state index in [4.69, 9.17) is 5.73 Å². The smallest absolute Gasteiger partial charge is 0.189 e. The highest BCUT2D eigenvalue weighted by molar-refractivity contribution is 5.72. The largest absolute Gasteiger partial charge is 0.398 e. The van der Waals surface area contributed by atoms with Crippen LogP contribution in [0.3, 0.4) is 0 Å². The van der Waals surface area contributed by atoms with Gasteiger partial charge in [-0.05, 0) is 35.0 Å². The minimum Gasteiger partial charge on any atom is -0.398 e. The highest BCUT2D eigenvalue weighted by Gasteiger charge is 2.17. The van der Waals surface area contributed by atoms with Gasteiger partial charge in [-0.15, -0.1) is 5.10 Å². The van der Waals surface area contributed by atoms with Gasteiger partial charge in [0.1, 0.15) is 0 Å². The third kappa shape index (κ3) is 2.22. The number of rotatable bonds is 2. The number of hydrogen-bond donors (Lipinski definition) is 1. The lowest BCUT2D eigenvalue weighted by Crippen LogP contribution is -2.04. The molecule has 2 aromatic carbocycles. The van der Waals surface area contributed by atoms with Gasteiger partial charge in [-0.3, -0.25) is 0 Å². The molecular weight excluding hydrogens is 276 g/mol. The lowest BCUT2D eigenvalue weighted by atomic mass is 10.1. The molecule has 0 aliphatic rings. The molecule has 0 saturated heterocycles. The molecule has 0 saturated carbocycles.